The summed E-state index contributed by atoms with van der Waals surface area (Å²) in [5, 5.41) is 7.76. The molecule has 1 saturated heterocycles. The molecule has 4 rings (SSSR count). The van der Waals surface area contributed by atoms with Crippen LogP contribution in [0.1, 0.15) is 22.3 Å². The molecule has 9 heteroatoms. The molecule has 0 aliphatic carbocycles. The molecular formula is C20H19ClN4O3S. The Morgan fingerprint density at radius 2 is 1.93 bits per heavy atom. The molecule has 1 N–H and O–H groups in total. The monoisotopic (exact) mass is 430 g/mol. The first kappa shape index (κ1) is 19.5. The maximum Gasteiger partial charge on any atom is 0.256 e. The van der Waals surface area contributed by atoms with Crippen molar-refractivity contribution in [3.8, 4) is 0 Å². The van der Waals surface area contributed by atoms with E-state index in [1.807, 2.05) is 12.1 Å². The van der Waals surface area contributed by atoms with Gasteiger partial charge in [-0.05, 0) is 42.3 Å². The van der Waals surface area contributed by atoms with Crippen LogP contribution in [0, 0.1) is 0 Å². The molecule has 2 heterocycles. The van der Waals surface area contributed by atoms with Crippen LogP contribution in [0.3, 0.4) is 0 Å². The van der Waals surface area contributed by atoms with E-state index >= 15 is 0 Å². The van der Waals surface area contributed by atoms with Crippen LogP contribution >= 0.6 is 11.6 Å². The molecule has 1 aromatic heterocycles. The third-order valence-electron chi connectivity index (χ3n) is 4.70. The van der Waals surface area contributed by atoms with E-state index < -0.39 is 10.0 Å². The van der Waals surface area contributed by atoms with Crippen LogP contribution in [0.15, 0.2) is 60.8 Å². The summed E-state index contributed by atoms with van der Waals surface area (Å²) in [7, 11) is -3.30. The Morgan fingerprint density at radius 1 is 1.14 bits per heavy atom. The Balaban J connectivity index is 1.51. The average molecular weight is 431 g/mol. The number of sulfonamides is 1. The van der Waals surface area contributed by atoms with E-state index in [1.165, 1.54) is 4.31 Å². The summed E-state index contributed by atoms with van der Waals surface area (Å²) < 4.78 is 27.3. The van der Waals surface area contributed by atoms with E-state index in [1.54, 1.807) is 53.3 Å². The third kappa shape index (κ3) is 4.28. The quantitative estimate of drug-likeness (QED) is 0.672. The lowest BCUT2D eigenvalue weighted by Crippen LogP contribution is -2.25. The molecule has 0 saturated carbocycles. The van der Waals surface area contributed by atoms with Crippen molar-refractivity contribution in [2.75, 3.05) is 21.9 Å². The Morgan fingerprint density at radius 3 is 2.66 bits per heavy atom. The van der Waals surface area contributed by atoms with Gasteiger partial charge in [0.05, 0.1) is 24.2 Å². The van der Waals surface area contributed by atoms with Crippen molar-refractivity contribution in [1.29, 1.82) is 0 Å². The predicted octanol–water partition coefficient (Wildman–Crippen LogP) is 3.38. The van der Waals surface area contributed by atoms with Crippen molar-refractivity contribution in [3.63, 3.8) is 0 Å². The highest BCUT2D eigenvalue weighted by Gasteiger charge is 2.28. The topological polar surface area (TPSA) is 84.3 Å². The lowest BCUT2D eigenvalue weighted by Gasteiger charge is -2.17. The highest BCUT2D eigenvalue weighted by molar-refractivity contribution is 7.93. The summed E-state index contributed by atoms with van der Waals surface area (Å²) in [4.78, 5) is 12.8. The zero-order valence-corrected chi connectivity index (χ0v) is 17.0. The van der Waals surface area contributed by atoms with Crippen molar-refractivity contribution in [2.45, 2.75) is 13.0 Å². The Hall–Kier alpha value is -2.84. The van der Waals surface area contributed by atoms with Gasteiger partial charge in [-0.3, -0.25) is 9.10 Å². The van der Waals surface area contributed by atoms with Crippen molar-refractivity contribution >= 4 is 39.0 Å². The minimum atomic E-state index is -3.30. The van der Waals surface area contributed by atoms with Gasteiger partial charge in [0.25, 0.3) is 5.91 Å². The molecule has 150 valence electrons. The lowest BCUT2D eigenvalue weighted by molar-refractivity contribution is 0.102. The second kappa shape index (κ2) is 7.88. The Bertz CT molecular complexity index is 1140. The highest BCUT2D eigenvalue weighted by Crippen LogP contribution is 2.25. The summed E-state index contributed by atoms with van der Waals surface area (Å²) in [5.41, 5.74) is 1.88. The molecule has 0 bridgehead atoms. The maximum absolute atomic E-state index is 12.8. The molecule has 2 aromatic carbocycles. The number of benzene rings is 2. The fourth-order valence-electron chi connectivity index (χ4n) is 3.25. The van der Waals surface area contributed by atoms with Crippen LogP contribution in [0.25, 0.3) is 0 Å². The minimum absolute atomic E-state index is 0.132. The molecule has 1 amide bonds. The third-order valence-corrected chi connectivity index (χ3v) is 6.82. The molecule has 0 radical (unpaired) electrons. The van der Waals surface area contributed by atoms with Crippen LogP contribution in [-0.4, -0.2) is 36.4 Å². The zero-order chi connectivity index (χ0) is 20.4. The van der Waals surface area contributed by atoms with Crippen LogP contribution in [0.5, 0.6) is 0 Å². The molecule has 0 spiro atoms. The number of carbonyl (C=O) groups excluding carboxylic acids is 1. The molecule has 0 unspecified atom stereocenters. The fourth-order valence-corrected chi connectivity index (χ4v) is 4.93. The van der Waals surface area contributed by atoms with Crippen molar-refractivity contribution in [3.05, 3.63) is 76.9 Å². The van der Waals surface area contributed by atoms with E-state index in [4.69, 9.17) is 11.6 Å². The molecule has 1 aliphatic rings. The summed E-state index contributed by atoms with van der Waals surface area (Å²) in [6, 6.07) is 15.7. The molecule has 1 fully saturated rings. The van der Waals surface area contributed by atoms with Gasteiger partial charge in [-0.15, -0.1) is 0 Å². The fraction of sp³-hybridized carbons (Fsp3) is 0.200. The van der Waals surface area contributed by atoms with Gasteiger partial charge in [0, 0.05) is 23.2 Å². The first-order valence-corrected chi connectivity index (χ1v) is 11.1. The van der Waals surface area contributed by atoms with Crippen LogP contribution in [0.4, 0.5) is 11.5 Å². The molecule has 1 aliphatic heterocycles. The van der Waals surface area contributed by atoms with Gasteiger partial charge in [0.1, 0.15) is 5.82 Å². The van der Waals surface area contributed by atoms with Gasteiger partial charge < -0.3 is 5.32 Å². The van der Waals surface area contributed by atoms with E-state index in [-0.39, 0.29) is 11.7 Å². The van der Waals surface area contributed by atoms with Gasteiger partial charge in [-0.2, -0.15) is 5.10 Å². The number of aromatic nitrogens is 2. The second-order valence-electron chi connectivity index (χ2n) is 6.75. The first-order chi connectivity index (χ1) is 13.9. The number of carbonyl (C=O) groups is 1. The SMILES string of the molecule is O=C(Nc1ccnn1Cc1ccc(Cl)cc1)c1cccc(N2CCCS2(=O)=O)c1. The van der Waals surface area contributed by atoms with Gasteiger partial charge in [-0.1, -0.05) is 29.8 Å². The number of nitrogens with zero attached hydrogens (tertiary/aromatic N) is 3. The minimum Gasteiger partial charge on any atom is -0.307 e. The first-order valence-electron chi connectivity index (χ1n) is 9.10. The highest BCUT2D eigenvalue weighted by atomic mass is 35.5. The number of hydrogen-bond donors (Lipinski definition) is 1. The summed E-state index contributed by atoms with van der Waals surface area (Å²) in [6.45, 7) is 0.910. The van der Waals surface area contributed by atoms with Crippen molar-refractivity contribution < 1.29 is 13.2 Å². The van der Waals surface area contributed by atoms with Crippen LogP contribution < -0.4 is 9.62 Å². The van der Waals surface area contributed by atoms with Crippen LogP contribution in [0.2, 0.25) is 5.02 Å². The van der Waals surface area contributed by atoms with Crippen molar-refractivity contribution in [1.82, 2.24) is 9.78 Å². The van der Waals surface area contributed by atoms with Gasteiger partial charge in [-0.25, -0.2) is 13.1 Å². The number of hydrogen-bond acceptors (Lipinski definition) is 4. The van der Waals surface area contributed by atoms with Gasteiger partial charge in [0.2, 0.25) is 10.0 Å². The van der Waals surface area contributed by atoms with E-state index in [2.05, 4.69) is 10.4 Å². The normalized spacial score (nSPS) is 15.4. The Kier molecular flexibility index (Phi) is 5.29. The van der Waals surface area contributed by atoms with Gasteiger partial charge >= 0.3 is 0 Å². The number of amides is 1. The standard InChI is InChI=1S/C20H19ClN4O3S/c21-17-7-5-15(6-8-17)14-24-19(9-10-22-24)23-20(26)16-3-1-4-18(13-16)25-11-2-12-29(25,27)28/h1,3-10,13H,2,11-12,14H2,(H,23,26). The molecule has 3 aromatic rings. The smallest absolute Gasteiger partial charge is 0.256 e. The van der Waals surface area contributed by atoms with Crippen LogP contribution in [-0.2, 0) is 16.6 Å². The van der Waals surface area contributed by atoms with E-state index in [0.29, 0.717) is 41.6 Å². The average Bonchev–Trinajstić information content (AvgIpc) is 3.29. The lowest BCUT2D eigenvalue weighted by atomic mass is 10.2. The molecule has 29 heavy (non-hydrogen) atoms. The number of anilines is 2. The van der Waals surface area contributed by atoms with E-state index in [9.17, 15) is 13.2 Å². The second-order valence-corrected chi connectivity index (χ2v) is 9.20. The number of nitrogens with one attached hydrogen (secondary N) is 1. The van der Waals surface area contributed by atoms with Gasteiger partial charge in [0.15, 0.2) is 0 Å². The molecule has 0 atom stereocenters. The summed E-state index contributed by atoms with van der Waals surface area (Å²) >= 11 is 5.92. The number of rotatable bonds is 5. The summed E-state index contributed by atoms with van der Waals surface area (Å²) in [5.74, 6) is 0.346. The zero-order valence-electron chi connectivity index (χ0n) is 15.5. The number of halogens is 1. The molecular weight excluding hydrogens is 412 g/mol. The Labute approximate surface area is 174 Å². The largest absolute Gasteiger partial charge is 0.307 e. The van der Waals surface area contributed by atoms with Crippen molar-refractivity contribution in [2.24, 2.45) is 0 Å². The summed E-state index contributed by atoms with van der Waals surface area (Å²) in [6.07, 6.45) is 2.20. The predicted molar refractivity (Wildman–Crippen MR) is 113 cm³/mol. The van der Waals surface area contributed by atoms with E-state index in [0.717, 1.165) is 5.56 Å². The maximum atomic E-state index is 12.8. The molecule has 7 nitrogen and oxygen atoms in total.